The highest BCUT2D eigenvalue weighted by atomic mass is 16.5. The topological polar surface area (TPSA) is 91.5 Å². The molecule has 2 fully saturated rings. The quantitative estimate of drug-likeness (QED) is 0.380. The molecule has 0 aliphatic carbocycles. The molecule has 0 radical (unpaired) electrons. The number of nitrogens with zero attached hydrogens (tertiary/aromatic N) is 1. The van der Waals surface area contributed by atoms with Gasteiger partial charge in [0.25, 0.3) is 11.7 Å². The molecule has 2 aromatic rings. The van der Waals surface area contributed by atoms with Gasteiger partial charge >= 0.3 is 0 Å². The third kappa shape index (κ3) is 4.33. The van der Waals surface area contributed by atoms with Gasteiger partial charge in [-0.3, -0.25) is 9.59 Å². The Morgan fingerprint density at radius 1 is 1.06 bits per heavy atom. The molecular weight excluding hydrogens is 396 g/mol. The van der Waals surface area contributed by atoms with Gasteiger partial charge in [0.15, 0.2) is 0 Å². The second-order valence-electron chi connectivity index (χ2n) is 8.06. The van der Waals surface area contributed by atoms with Gasteiger partial charge in [-0.1, -0.05) is 42.0 Å². The van der Waals surface area contributed by atoms with E-state index in [-0.39, 0.29) is 17.1 Å². The Morgan fingerprint density at radius 2 is 1.71 bits per heavy atom. The highest BCUT2D eigenvalue weighted by Crippen LogP contribution is 2.39. The zero-order valence-electron chi connectivity index (χ0n) is 17.5. The molecule has 162 valence electrons. The molecule has 0 saturated carbocycles. The number of rotatable bonds is 5. The van der Waals surface area contributed by atoms with E-state index in [1.807, 2.05) is 19.1 Å². The molecule has 2 saturated heterocycles. The minimum atomic E-state index is -0.706. The number of Topliss-reactive ketones (excluding diaryl/α,β-unsaturated/α-hetero) is 1. The normalized spacial score (nSPS) is 21.6. The number of carbonyl (C=O) groups is 2. The minimum absolute atomic E-state index is 0.0801. The standard InChI is InChI=1S/C24H26N2O5/c1-16-2-4-18(5-3-16)22(28)20-21(17-6-8-19(27)9-7-17)26(24(30)23(20)29)11-10-25-12-14-31-15-13-25/h2-9,21,27-28H,10-15H2,1H3/p+1/t21-/m1/s1. The van der Waals surface area contributed by atoms with Gasteiger partial charge in [-0.15, -0.1) is 0 Å². The summed E-state index contributed by atoms with van der Waals surface area (Å²) in [6.07, 6.45) is 0. The lowest BCUT2D eigenvalue weighted by molar-refractivity contribution is -0.907. The number of aliphatic hydroxyl groups is 1. The first-order valence-electron chi connectivity index (χ1n) is 10.5. The molecule has 2 aliphatic rings. The number of ketones is 1. The number of phenols is 1. The number of carbonyl (C=O) groups excluding carboxylic acids is 2. The number of nitrogens with one attached hydrogen (secondary N) is 1. The number of amides is 1. The summed E-state index contributed by atoms with van der Waals surface area (Å²) in [5, 5.41) is 20.7. The Kier molecular flexibility index (Phi) is 6.06. The van der Waals surface area contributed by atoms with E-state index in [0.717, 1.165) is 18.7 Å². The zero-order chi connectivity index (χ0) is 22.0. The summed E-state index contributed by atoms with van der Waals surface area (Å²) >= 11 is 0. The Labute approximate surface area is 181 Å². The van der Waals surface area contributed by atoms with Crippen LogP contribution in [-0.4, -0.2) is 66.2 Å². The van der Waals surface area contributed by atoms with Crippen LogP contribution in [0.4, 0.5) is 0 Å². The van der Waals surface area contributed by atoms with E-state index in [2.05, 4.69) is 0 Å². The lowest BCUT2D eigenvalue weighted by atomic mass is 9.95. The van der Waals surface area contributed by atoms with Gasteiger partial charge in [-0.2, -0.15) is 0 Å². The molecule has 4 rings (SSSR count). The number of likely N-dealkylation sites (tertiary alicyclic amines) is 1. The number of phenolic OH excluding ortho intramolecular Hbond substituents is 1. The average molecular weight is 423 g/mol. The molecule has 1 atom stereocenters. The largest absolute Gasteiger partial charge is 0.508 e. The van der Waals surface area contributed by atoms with E-state index in [1.165, 1.54) is 21.9 Å². The first-order chi connectivity index (χ1) is 15.0. The van der Waals surface area contributed by atoms with Crippen molar-refractivity contribution >= 4 is 17.4 Å². The van der Waals surface area contributed by atoms with Crippen molar-refractivity contribution in [2.75, 3.05) is 39.4 Å². The lowest BCUT2D eigenvalue weighted by Gasteiger charge is -2.29. The Bertz CT molecular complexity index is 992. The number of morpholine rings is 1. The maximum atomic E-state index is 13.0. The molecule has 7 heteroatoms. The number of ether oxygens (including phenoxy) is 1. The van der Waals surface area contributed by atoms with Crippen molar-refractivity contribution in [1.29, 1.82) is 0 Å². The van der Waals surface area contributed by atoms with Crippen LogP contribution < -0.4 is 4.90 Å². The van der Waals surface area contributed by atoms with Gasteiger partial charge in [0.1, 0.15) is 24.6 Å². The first kappa shape index (κ1) is 21.1. The fourth-order valence-electron chi connectivity index (χ4n) is 4.17. The highest BCUT2D eigenvalue weighted by molar-refractivity contribution is 6.46. The number of aromatic hydroxyl groups is 1. The number of hydrogen-bond donors (Lipinski definition) is 3. The second-order valence-corrected chi connectivity index (χ2v) is 8.06. The SMILES string of the molecule is Cc1ccc(C(O)=C2C(=O)C(=O)N(CC[NH+]3CCOCC3)[C@@H]2c2ccc(O)cc2)cc1. The number of aryl methyl sites for hydroxylation is 1. The van der Waals surface area contributed by atoms with Crippen LogP contribution in [0.1, 0.15) is 22.7 Å². The molecule has 2 aliphatic heterocycles. The predicted octanol–water partition coefficient (Wildman–Crippen LogP) is 1.04. The summed E-state index contributed by atoms with van der Waals surface area (Å²) in [6.45, 7) is 6.10. The zero-order valence-corrected chi connectivity index (χ0v) is 17.5. The fraction of sp³-hybridized carbons (Fsp3) is 0.333. The van der Waals surface area contributed by atoms with E-state index in [9.17, 15) is 19.8 Å². The second kappa shape index (κ2) is 8.91. The Hall–Kier alpha value is -3.16. The van der Waals surface area contributed by atoms with Crippen LogP contribution >= 0.6 is 0 Å². The van der Waals surface area contributed by atoms with Crippen LogP contribution in [0.3, 0.4) is 0 Å². The average Bonchev–Trinajstić information content (AvgIpc) is 3.04. The van der Waals surface area contributed by atoms with Gasteiger partial charge in [-0.05, 0) is 24.6 Å². The highest BCUT2D eigenvalue weighted by Gasteiger charge is 2.46. The lowest BCUT2D eigenvalue weighted by Crippen LogP contribution is -3.14. The van der Waals surface area contributed by atoms with Gasteiger partial charge in [0, 0.05) is 5.56 Å². The third-order valence-electron chi connectivity index (χ3n) is 5.98. The van der Waals surface area contributed by atoms with Gasteiger partial charge < -0.3 is 24.7 Å². The molecule has 0 bridgehead atoms. The monoisotopic (exact) mass is 423 g/mol. The fourth-order valence-corrected chi connectivity index (χ4v) is 4.17. The smallest absolute Gasteiger partial charge is 0.295 e. The Morgan fingerprint density at radius 3 is 2.35 bits per heavy atom. The molecular formula is C24H27N2O5+. The van der Waals surface area contributed by atoms with Crippen LogP contribution in [0.25, 0.3) is 5.76 Å². The van der Waals surface area contributed by atoms with E-state index >= 15 is 0 Å². The summed E-state index contributed by atoms with van der Waals surface area (Å²) < 4.78 is 5.40. The number of quaternary nitrogens is 1. The number of hydrogen-bond acceptors (Lipinski definition) is 5. The Balaban J connectivity index is 1.72. The van der Waals surface area contributed by atoms with E-state index < -0.39 is 17.7 Å². The third-order valence-corrected chi connectivity index (χ3v) is 5.98. The van der Waals surface area contributed by atoms with Gasteiger partial charge in [0.05, 0.1) is 37.9 Å². The molecule has 2 heterocycles. The van der Waals surface area contributed by atoms with Crippen LogP contribution in [0.5, 0.6) is 5.75 Å². The summed E-state index contributed by atoms with van der Waals surface area (Å²) in [6, 6.07) is 12.9. The van der Waals surface area contributed by atoms with Crippen molar-refractivity contribution in [3.05, 3.63) is 70.8 Å². The maximum Gasteiger partial charge on any atom is 0.295 e. The van der Waals surface area contributed by atoms with Crippen molar-refractivity contribution in [3.8, 4) is 5.75 Å². The molecule has 31 heavy (non-hydrogen) atoms. The predicted molar refractivity (Wildman–Crippen MR) is 115 cm³/mol. The first-order valence-corrected chi connectivity index (χ1v) is 10.5. The summed E-state index contributed by atoms with van der Waals surface area (Å²) in [5.74, 6) is -1.39. The molecule has 0 aromatic heterocycles. The van der Waals surface area contributed by atoms with Crippen molar-refractivity contribution in [1.82, 2.24) is 4.90 Å². The number of benzene rings is 2. The summed E-state index contributed by atoms with van der Waals surface area (Å²) in [7, 11) is 0. The van der Waals surface area contributed by atoms with Crippen LogP contribution in [0.15, 0.2) is 54.1 Å². The molecule has 3 N–H and O–H groups in total. The van der Waals surface area contributed by atoms with E-state index in [0.29, 0.717) is 37.4 Å². The van der Waals surface area contributed by atoms with Crippen LogP contribution in [0, 0.1) is 6.92 Å². The van der Waals surface area contributed by atoms with Crippen molar-refractivity contribution in [2.24, 2.45) is 0 Å². The maximum absolute atomic E-state index is 13.0. The molecule has 1 amide bonds. The van der Waals surface area contributed by atoms with Crippen LogP contribution in [-0.2, 0) is 14.3 Å². The van der Waals surface area contributed by atoms with Crippen molar-refractivity contribution in [3.63, 3.8) is 0 Å². The van der Waals surface area contributed by atoms with Gasteiger partial charge in [0.2, 0.25) is 0 Å². The molecule has 0 spiro atoms. The summed E-state index contributed by atoms with van der Waals surface area (Å²) in [5.41, 5.74) is 2.27. The molecule has 2 aromatic carbocycles. The van der Waals surface area contributed by atoms with E-state index in [1.54, 1.807) is 24.3 Å². The van der Waals surface area contributed by atoms with Crippen LogP contribution in [0.2, 0.25) is 0 Å². The molecule has 7 nitrogen and oxygen atoms in total. The molecule has 0 unspecified atom stereocenters. The van der Waals surface area contributed by atoms with Crippen molar-refractivity contribution in [2.45, 2.75) is 13.0 Å². The number of aliphatic hydroxyl groups excluding tert-OH is 1. The van der Waals surface area contributed by atoms with Gasteiger partial charge in [-0.25, -0.2) is 0 Å². The van der Waals surface area contributed by atoms with E-state index in [4.69, 9.17) is 4.74 Å². The van der Waals surface area contributed by atoms with Crippen molar-refractivity contribution < 1.29 is 29.4 Å². The minimum Gasteiger partial charge on any atom is -0.508 e. The summed E-state index contributed by atoms with van der Waals surface area (Å²) in [4.78, 5) is 28.8.